The smallest absolute Gasteiger partial charge is 0.389 e. The minimum atomic E-state index is -4.37. The molecular formula is C22H32F3N7O2. The van der Waals surface area contributed by atoms with Crippen molar-refractivity contribution in [3.63, 3.8) is 0 Å². The molecule has 0 saturated heterocycles. The lowest BCUT2D eigenvalue weighted by atomic mass is 9.92. The third kappa shape index (κ3) is 8.93. The number of amides is 2. The Hall–Kier alpha value is -3.28. The molecule has 188 valence electrons. The van der Waals surface area contributed by atoms with E-state index in [1.54, 1.807) is 18.2 Å². The van der Waals surface area contributed by atoms with Gasteiger partial charge in [-0.2, -0.15) is 13.2 Å². The van der Waals surface area contributed by atoms with Crippen LogP contribution in [-0.2, 0) is 22.7 Å². The number of hydrogen-bond donors (Lipinski definition) is 5. The molecule has 2 amide bonds. The fraction of sp³-hybridized carbons (Fsp3) is 0.500. The maximum Gasteiger partial charge on any atom is 0.389 e. The van der Waals surface area contributed by atoms with Crippen LogP contribution in [0, 0.1) is 5.41 Å². The quantitative estimate of drug-likeness (QED) is 0.200. The summed E-state index contributed by atoms with van der Waals surface area (Å²) in [7, 11) is 0. The van der Waals surface area contributed by atoms with Crippen LogP contribution >= 0.6 is 0 Å². The number of carbonyl (C=O) groups excluding carboxylic acids is 2. The number of nitrogens with two attached hydrogens (primary N) is 2. The van der Waals surface area contributed by atoms with Crippen molar-refractivity contribution in [1.82, 2.24) is 25.6 Å². The molecule has 34 heavy (non-hydrogen) atoms. The number of aromatic nitrogens is 2. The SMILES string of the molecule is CC(C)(C)CCN(N)/C(=C\N)C(=O)NCc1nc2ccc(CNC(=O)CCC(F)(F)F)cc2[nH]1. The monoisotopic (exact) mass is 483 g/mol. The van der Waals surface area contributed by atoms with Crippen LogP contribution in [-0.4, -0.2) is 39.5 Å². The molecule has 1 aromatic carbocycles. The molecule has 1 aromatic heterocycles. The zero-order chi connectivity index (χ0) is 25.5. The number of hydrazine groups is 1. The van der Waals surface area contributed by atoms with E-state index >= 15 is 0 Å². The molecule has 0 aliphatic carbocycles. The van der Waals surface area contributed by atoms with Gasteiger partial charge in [-0.25, -0.2) is 10.8 Å². The van der Waals surface area contributed by atoms with Gasteiger partial charge in [0, 0.05) is 25.7 Å². The molecule has 9 nitrogen and oxygen atoms in total. The molecule has 7 N–H and O–H groups in total. The molecule has 0 fully saturated rings. The molecule has 0 radical (unpaired) electrons. The average Bonchev–Trinajstić information content (AvgIpc) is 3.15. The Morgan fingerprint density at radius 1 is 1.15 bits per heavy atom. The normalized spacial score (nSPS) is 12.6. The topological polar surface area (TPSA) is 142 Å². The van der Waals surface area contributed by atoms with E-state index in [-0.39, 0.29) is 24.2 Å². The summed E-state index contributed by atoms with van der Waals surface area (Å²) in [5.41, 5.74) is 7.78. The lowest BCUT2D eigenvalue weighted by molar-refractivity contribution is -0.144. The van der Waals surface area contributed by atoms with Crippen molar-refractivity contribution >= 4 is 22.8 Å². The van der Waals surface area contributed by atoms with E-state index in [9.17, 15) is 22.8 Å². The molecule has 0 unspecified atom stereocenters. The van der Waals surface area contributed by atoms with Crippen molar-refractivity contribution in [2.45, 2.75) is 59.3 Å². The molecule has 0 spiro atoms. The van der Waals surface area contributed by atoms with Crippen molar-refractivity contribution < 1.29 is 22.8 Å². The summed E-state index contributed by atoms with van der Waals surface area (Å²) in [6.45, 7) is 6.86. The average molecular weight is 484 g/mol. The highest BCUT2D eigenvalue weighted by molar-refractivity contribution is 5.92. The molecule has 0 saturated carbocycles. The summed E-state index contributed by atoms with van der Waals surface area (Å²) in [5, 5.41) is 6.50. The first-order chi connectivity index (χ1) is 15.8. The van der Waals surface area contributed by atoms with Crippen molar-refractivity contribution in [2.24, 2.45) is 17.0 Å². The first-order valence-corrected chi connectivity index (χ1v) is 10.8. The molecule has 1 heterocycles. The van der Waals surface area contributed by atoms with Gasteiger partial charge in [-0.1, -0.05) is 26.8 Å². The van der Waals surface area contributed by atoms with E-state index in [2.05, 4.69) is 41.4 Å². The predicted molar refractivity (Wildman–Crippen MR) is 122 cm³/mol. The van der Waals surface area contributed by atoms with Crippen LogP contribution in [0.1, 0.15) is 51.4 Å². The molecule has 2 aromatic rings. The molecule has 0 aliphatic rings. The van der Waals surface area contributed by atoms with Crippen LogP contribution in [0.3, 0.4) is 0 Å². The van der Waals surface area contributed by atoms with Gasteiger partial charge in [0.1, 0.15) is 11.5 Å². The number of carbonyl (C=O) groups is 2. The van der Waals surface area contributed by atoms with Gasteiger partial charge in [-0.05, 0) is 29.5 Å². The number of fused-ring (bicyclic) bond motifs is 1. The maximum absolute atomic E-state index is 12.5. The summed E-state index contributed by atoms with van der Waals surface area (Å²) in [4.78, 5) is 31.6. The Kier molecular flexibility index (Phi) is 8.91. The Morgan fingerprint density at radius 2 is 1.85 bits per heavy atom. The highest BCUT2D eigenvalue weighted by Crippen LogP contribution is 2.21. The fourth-order valence-corrected chi connectivity index (χ4v) is 2.98. The highest BCUT2D eigenvalue weighted by atomic mass is 19.4. The minimum absolute atomic E-state index is 0.0484. The van der Waals surface area contributed by atoms with Crippen molar-refractivity contribution in [3.8, 4) is 0 Å². The maximum atomic E-state index is 12.5. The highest BCUT2D eigenvalue weighted by Gasteiger charge is 2.27. The third-order valence-corrected chi connectivity index (χ3v) is 4.94. The molecule has 0 aliphatic heterocycles. The Bertz CT molecular complexity index is 1030. The van der Waals surface area contributed by atoms with Crippen LogP contribution in [0.15, 0.2) is 30.1 Å². The Balaban J connectivity index is 1.92. The number of imidazole rings is 1. The second-order valence-corrected chi connectivity index (χ2v) is 9.17. The van der Waals surface area contributed by atoms with Crippen LogP contribution in [0.5, 0.6) is 0 Å². The Morgan fingerprint density at radius 3 is 2.47 bits per heavy atom. The summed E-state index contributed by atoms with van der Waals surface area (Å²) < 4.78 is 36.6. The zero-order valence-electron chi connectivity index (χ0n) is 19.6. The van der Waals surface area contributed by atoms with Gasteiger partial charge in [0.25, 0.3) is 5.91 Å². The molecular weight excluding hydrogens is 451 g/mol. The predicted octanol–water partition coefficient (Wildman–Crippen LogP) is 2.55. The number of hydrogen-bond acceptors (Lipinski definition) is 6. The standard InChI is InChI=1S/C22H32F3N7O2/c1-21(2,3)8-9-32(27)17(11-26)20(34)29-13-18-30-15-5-4-14(10-16(15)31-18)12-28-19(33)6-7-22(23,24)25/h4-5,10-11H,6-9,12-13,26-27H2,1-3H3,(H,28,33)(H,29,34)(H,30,31)/b17-11-. The Labute approximate surface area is 196 Å². The van der Waals surface area contributed by atoms with E-state index in [0.717, 1.165) is 12.6 Å². The van der Waals surface area contributed by atoms with Crippen molar-refractivity contribution in [1.29, 1.82) is 0 Å². The molecule has 0 bridgehead atoms. The van der Waals surface area contributed by atoms with Gasteiger partial charge in [0.15, 0.2) is 0 Å². The van der Waals surface area contributed by atoms with Crippen molar-refractivity contribution in [3.05, 3.63) is 41.5 Å². The van der Waals surface area contributed by atoms with E-state index in [1.807, 2.05) is 0 Å². The number of halogens is 3. The lowest BCUT2D eigenvalue weighted by Gasteiger charge is -2.25. The lowest BCUT2D eigenvalue weighted by Crippen LogP contribution is -2.41. The minimum Gasteiger partial charge on any atom is -0.403 e. The zero-order valence-corrected chi connectivity index (χ0v) is 19.6. The van der Waals surface area contributed by atoms with Gasteiger partial charge >= 0.3 is 6.18 Å². The first-order valence-electron chi connectivity index (χ1n) is 10.8. The second-order valence-electron chi connectivity index (χ2n) is 9.17. The van der Waals surface area contributed by atoms with E-state index in [4.69, 9.17) is 11.6 Å². The number of nitrogens with one attached hydrogen (secondary N) is 3. The van der Waals surface area contributed by atoms with Crippen molar-refractivity contribution in [2.75, 3.05) is 6.54 Å². The van der Waals surface area contributed by atoms with Crippen LogP contribution < -0.4 is 22.2 Å². The summed E-state index contributed by atoms with van der Waals surface area (Å²) in [6, 6.07) is 5.16. The van der Waals surface area contributed by atoms with Gasteiger partial charge in [-0.15, -0.1) is 0 Å². The third-order valence-electron chi connectivity index (χ3n) is 4.94. The molecule has 2 rings (SSSR count). The van der Waals surface area contributed by atoms with Gasteiger partial charge < -0.3 is 26.4 Å². The second kappa shape index (κ2) is 11.2. The van der Waals surface area contributed by atoms with Crippen LogP contribution in [0.2, 0.25) is 0 Å². The number of H-pyrrole nitrogens is 1. The summed E-state index contributed by atoms with van der Waals surface area (Å²) in [6.07, 6.45) is -4.22. The van der Waals surface area contributed by atoms with E-state index in [1.165, 1.54) is 5.01 Å². The number of rotatable bonds is 10. The number of alkyl halides is 3. The van der Waals surface area contributed by atoms with E-state index in [0.29, 0.717) is 29.0 Å². The number of nitrogens with zero attached hydrogens (tertiary/aromatic N) is 2. The van der Waals surface area contributed by atoms with Crippen LogP contribution in [0.25, 0.3) is 11.0 Å². The van der Waals surface area contributed by atoms with E-state index < -0.39 is 30.8 Å². The summed E-state index contributed by atoms with van der Waals surface area (Å²) in [5.74, 6) is 5.36. The molecule has 12 heteroatoms. The number of aromatic amines is 1. The van der Waals surface area contributed by atoms with Gasteiger partial charge in [0.05, 0.1) is 24.0 Å². The van der Waals surface area contributed by atoms with Gasteiger partial charge in [0.2, 0.25) is 5.91 Å². The fourth-order valence-electron chi connectivity index (χ4n) is 2.98. The molecule has 0 atom stereocenters. The largest absolute Gasteiger partial charge is 0.403 e. The van der Waals surface area contributed by atoms with Gasteiger partial charge in [-0.3, -0.25) is 9.59 Å². The summed E-state index contributed by atoms with van der Waals surface area (Å²) >= 11 is 0. The first kappa shape index (κ1) is 27.0. The number of benzene rings is 1. The van der Waals surface area contributed by atoms with Crippen LogP contribution in [0.4, 0.5) is 13.2 Å².